The smallest absolute Gasteiger partial charge is 0.415 e. The summed E-state index contributed by atoms with van der Waals surface area (Å²) in [6.07, 6.45) is 0. The molecule has 6 aromatic rings. The van der Waals surface area contributed by atoms with Gasteiger partial charge < -0.3 is 32.0 Å². The van der Waals surface area contributed by atoms with Crippen LogP contribution in [0.1, 0.15) is 0 Å². The van der Waals surface area contributed by atoms with Crippen LogP contribution in [0.2, 0.25) is 0 Å². The lowest BCUT2D eigenvalue weighted by molar-refractivity contribution is 0.428. The maximum atomic E-state index is 6.97. The first-order chi connectivity index (χ1) is 24.2. The molecular formula is C36H36N7O4P3+2. The number of nitrogens with one attached hydrogen (secondary N) is 2. The molecule has 0 bridgehead atoms. The van der Waals surface area contributed by atoms with Gasteiger partial charge in [0.05, 0.1) is 0 Å². The van der Waals surface area contributed by atoms with Gasteiger partial charge in [0.15, 0.2) is 11.5 Å². The fourth-order valence-corrected chi connectivity index (χ4v) is 17.3. The third-order valence-corrected chi connectivity index (χ3v) is 17.7. The van der Waals surface area contributed by atoms with E-state index in [-0.39, 0.29) is 0 Å². The molecule has 1 aliphatic heterocycles. The first kappa shape index (κ1) is 33.2. The van der Waals surface area contributed by atoms with Crippen LogP contribution in [0.25, 0.3) is 0 Å². The van der Waals surface area contributed by atoms with Crippen LogP contribution >= 0.6 is 23.2 Å². The lowest BCUT2D eigenvalue weighted by atomic mass is 10.3. The molecule has 0 aromatic heterocycles. The van der Waals surface area contributed by atoms with Crippen molar-refractivity contribution in [3.8, 4) is 23.0 Å². The number of nitrogens with zero attached hydrogens (tertiary/aromatic N) is 1. The molecule has 50 heavy (non-hydrogen) atoms. The Morgan fingerprint density at radius 3 is 1.14 bits per heavy atom. The third kappa shape index (κ3) is 7.33. The normalized spacial score (nSPS) is 15.6. The van der Waals surface area contributed by atoms with E-state index in [2.05, 4.69) is 9.72 Å². The number of nitrogen functional groups attached to an aromatic ring is 4. The topological polar surface area (TPSA) is 177 Å². The summed E-state index contributed by atoms with van der Waals surface area (Å²) in [5, 5.41) is 1.79. The summed E-state index contributed by atoms with van der Waals surface area (Å²) >= 11 is 0. The molecule has 0 fully saturated rings. The number of anilines is 4. The fourth-order valence-electron chi connectivity index (χ4n) is 5.14. The molecule has 7 rings (SSSR count). The molecule has 14 heteroatoms. The molecule has 252 valence electrons. The van der Waals surface area contributed by atoms with E-state index in [1.54, 1.807) is 97.1 Å². The van der Waals surface area contributed by atoms with Crippen molar-refractivity contribution >= 4 is 56.6 Å². The summed E-state index contributed by atoms with van der Waals surface area (Å²) in [4.78, 5) is 7.43. The minimum Gasteiger partial charge on any atom is -0.415 e. The van der Waals surface area contributed by atoms with E-state index in [4.69, 9.17) is 45.5 Å². The molecule has 0 unspecified atom stereocenters. The van der Waals surface area contributed by atoms with E-state index in [1.807, 2.05) is 60.7 Å². The van der Waals surface area contributed by atoms with Gasteiger partial charge >= 0.3 is 23.2 Å². The highest BCUT2D eigenvalue weighted by molar-refractivity contribution is 7.99. The van der Waals surface area contributed by atoms with E-state index < -0.39 is 23.2 Å². The van der Waals surface area contributed by atoms with Crippen LogP contribution in [-0.2, 0) is 0 Å². The number of nitrogens with two attached hydrogens (primary N) is 4. The zero-order valence-corrected chi connectivity index (χ0v) is 29.4. The Bertz CT molecular complexity index is 1970. The van der Waals surface area contributed by atoms with E-state index >= 15 is 0 Å². The Hall–Kier alpha value is -5.27. The lowest BCUT2D eigenvalue weighted by Gasteiger charge is -2.36. The van der Waals surface area contributed by atoms with Gasteiger partial charge in [-0.15, -0.1) is 0 Å². The van der Waals surface area contributed by atoms with Crippen molar-refractivity contribution in [1.82, 2.24) is 9.72 Å². The van der Waals surface area contributed by atoms with Gasteiger partial charge in [0.2, 0.25) is 0 Å². The average molecular weight is 724 g/mol. The Morgan fingerprint density at radius 1 is 0.440 bits per heavy atom. The van der Waals surface area contributed by atoms with Gasteiger partial charge in [-0.3, -0.25) is 9.05 Å². The largest absolute Gasteiger partial charge is 0.565 e. The van der Waals surface area contributed by atoms with Crippen LogP contribution in [0.5, 0.6) is 23.0 Å². The van der Waals surface area contributed by atoms with Gasteiger partial charge in [0.25, 0.3) is 0 Å². The van der Waals surface area contributed by atoms with Crippen LogP contribution in [0.4, 0.5) is 22.7 Å². The van der Waals surface area contributed by atoms with Crippen LogP contribution in [-0.4, -0.2) is 0 Å². The number of hydrogen-bond donors (Lipinski definition) is 6. The van der Waals surface area contributed by atoms with E-state index in [1.165, 1.54) is 0 Å². The SMILES string of the molecule is Nc1ccc(OP2(Oc3ccc(N)cc3)=N[P+](c3ccccc3)(c3ccccc3)N[P+](Oc3ccc(N)cc3)(Oc3ccc(N)cc3)N2)cc1. The monoisotopic (exact) mass is 723 g/mol. The van der Waals surface area contributed by atoms with Gasteiger partial charge in [0, 0.05) is 32.5 Å². The minimum atomic E-state index is -3.70. The summed E-state index contributed by atoms with van der Waals surface area (Å²) in [5.74, 6) is 1.92. The quantitative estimate of drug-likeness (QED) is 0.0601. The highest BCUT2D eigenvalue weighted by Gasteiger charge is 2.71. The van der Waals surface area contributed by atoms with Gasteiger partial charge in [-0.1, -0.05) is 36.4 Å². The molecule has 0 saturated carbocycles. The first-order valence-corrected chi connectivity index (χ1v) is 20.5. The summed E-state index contributed by atoms with van der Waals surface area (Å²) in [6.45, 7) is 0. The molecule has 10 N–H and O–H groups in total. The summed E-state index contributed by atoms with van der Waals surface area (Å²) in [5.41, 5.74) is 26.6. The van der Waals surface area contributed by atoms with Gasteiger partial charge in [-0.25, -0.2) is 0 Å². The molecule has 0 amide bonds. The Kier molecular flexibility index (Phi) is 9.25. The van der Waals surface area contributed by atoms with Crippen molar-refractivity contribution in [3.63, 3.8) is 0 Å². The van der Waals surface area contributed by atoms with Crippen molar-refractivity contribution < 1.29 is 18.1 Å². The van der Waals surface area contributed by atoms with Crippen molar-refractivity contribution in [1.29, 1.82) is 0 Å². The zero-order chi connectivity index (χ0) is 34.6. The van der Waals surface area contributed by atoms with Crippen LogP contribution < -0.4 is 61.4 Å². The minimum absolute atomic E-state index is 0.471. The Morgan fingerprint density at radius 2 is 0.780 bits per heavy atom. The number of benzene rings is 6. The molecule has 0 spiro atoms. The molecule has 0 aliphatic carbocycles. The maximum absolute atomic E-state index is 6.97. The molecule has 0 radical (unpaired) electrons. The second-order valence-electron chi connectivity index (χ2n) is 11.3. The predicted octanol–water partition coefficient (Wildman–Crippen LogP) is 7.95. The Balaban J connectivity index is 1.53. The van der Waals surface area contributed by atoms with Crippen molar-refractivity contribution in [3.05, 3.63) is 158 Å². The predicted molar refractivity (Wildman–Crippen MR) is 208 cm³/mol. The second kappa shape index (κ2) is 13.9. The van der Waals surface area contributed by atoms with Gasteiger partial charge in [-0.05, 0) is 126 Å². The number of hydrogen-bond acceptors (Lipinski definition) is 11. The summed E-state index contributed by atoms with van der Waals surface area (Å²) in [6, 6.07) is 48.3. The zero-order valence-electron chi connectivity index (χ0n) is 26.7. The van der Waals surface area contributed by atoms with Crippen LogP contribution in [0, 0.1) is 0 Å². The highest BCUT2D eigenvalue weighted by atomic mass is 31.3. The summed E-state index contributed by atoms with van der Waals surface area (Å²) < 4.78 is 33.5. The van der Waals surface area contributed by atoms with Crippen molar-refractivity contribution in [2.45, 2.75) is 0 Å². The molecule has 0 saturated heterocycles. The molecule has 1 heterocycles. The van der Waals surface area contributed by atoms with E-state index in [9.17, 15) is 0 Å². The van der Waals surface area contributed by atoms with Crippen molar-refractivity contribution in [2.24, 2.45) is 4.52 Å². The van der Waals surface area contributed by atoms with E-state index in [0.717, 1.165) is 10.6 Å². The highest BCUT2D eigenvalue weighted by Crippen LogP contribution is 2.78. The third-order valence-electron chi connectivity index (χ3n) is 7.49. The van der Waals surface area contributed by atoms with Gasteiger partial charge in [0.1, 0.15) is 22.1 Å². The molecule has 1 aliphatic rings. The average Bonchev–Trinajstić information content (AvgIpc) is 3.13. The van der Waals surface area contributed by atoms with Crippen LogP contribution in [0.15, 0.2) is 162 Å². The van der Waals surface area contributed by atoms with Crippen molar-refractivity contribution in [2.75, 3.05) is 22.9 Å². The molecular weight excluding hydrogens is 687 g/mol. The molecule has 11 nitrogen and oxygen atoms in total. The second-order valence-corrected chi connectivity index (χ2v) is 18.8. The number of rotatable bonds is 10. The molecule has 0 atom stereocenters. The van der Waals surface area contributed by atoms with Crippen LogP contribution in [0.3, 0.4) is 0 Å². The maximum Gasteiger partial charge on any atom is 0.565 e. The first-order valence-electron chi connectivity index (χ1n) is 15.5. The standard InChI is InChI=1S/C36H36N7O4P3/c37-27-11-19-31(20-12-27)44-49(45-32-21-13-28(38)14-22-32)41-48(35-7-3-1-4-8-35,36-9-5-2-6-10-36)42-50(43-49,46-33-23-15-29(39)16-24-33)47-34-25-17-30(40)18-26-34/h1-26,41,43H,37-40H2/q+2. The summed E-state index contributed by atoms with van der Waals surface area (Å²) in [7, 11) is -10.4. The Labute approximate surface area is 291 Å². The molecule has 6 aromatic carbocycles. The van der Waals surface area contributed by atoms with E-state index in [0.29, 0.717) is 45.7 Å². The van der Waals surface area contributed by atoms with Gasteiger partial charge in [-0.2, -0.15) is 0 Å². The lowest BCUT2D eigenvalue weighted by Crippen LogP contribution is -2.44. The fraction of sp³-hybridized carbons (Fsp3) is 0.